The fourth-order valence-electron chi connectivity index (χ4n) is 3.89. The topological polar surface area (TPSA) is 72.3 Å². The molecular formula is C25H22F3N3O3S. The van der Waals surface area contributed by atoms with E-state index in [9.17, 15) is 26.4 Å². The van der Waals surface area contributed by atoms with Crippen LogP contribution in [0.1, 0.15) is 22.5 Å². The summed E-state index contributed by atoms with van der Waals surface area (Å²) in [6.45, 7) is 3.40. The molecule has 0 saturated carbocycles. The second kappa shape index (κ2) is 8.94. The molecule has 0 aliphatic rings. The molecule has 0 saturated heterocycles. The van der Waals surface area contributed by atoms with Crippen molar-refractivity contribution in [1.82, 2.24) is 13.9 Å². The van der Waals surface area contributed by atoms with Crippen LogP contribution in [0.25, 0.3) is 16.6 Å². The summed E-state index contributed by atoms with van der Waals surface area (Å²) in [6, 6.07) is 15.7. The third-order valence-corrected chi connectivity index (χ3v) is 7.47. The Labute approximate surface area is 200 Å². The number of rotatable bonds is 5. The summed E-state index contributed by atoms with van der Waals surface area (Å²) in [5.41, 5.74) is 1.26. The van der Waals surface area contributed by atoms with E-state index >= 15 is 0 Å². The number of fused-ring (bicyclic) bond motifs is 1. The molecule has 6 nitrogen and oxygen atoms in total. The number of aromatic nitrogens is 2. The van der Waals surface area contributed by atoms with Gasteiger partial charge >= 0.3 is 6.18 Å². The Morgan fingerprint density at radius 2 is 1.69 bits per heavy atom. The number of alkyl halides is 3. The smallest absolute Gasteiger partial charge is 0.268 e. The first-order valence-electron chi connectivity index (χ1n) is 10.6. The Morgan fingerprint density at radius 3 is 2.37 bits per heavy atom. The van der Waals surface area contributed by atoms with Gasteiger partial charge < -0.3 is 0 Å². The lowest BCUT2D eigenvalue weighted by Crippen LogP contribution is -2.32. The van der Waals surface area contributed by atoms with Gasteiger partial charge in [-0.15, -0.1) is 0 Å². The number of hydrogen-bond acceptors (Lipinski definition) is 4. The first-order chi connectivity index (χ1) is 16.4. The van der Waals surface area contributed by atoms with Crippen molar-refractivity contribution in [2.75, 3.05) is 7.05 Å². The van der Waals surface area contributed by atoms with Gasteiger partial charge in [-0.1, -0.05) is 35.9 Å². The summed E-state index contributed by atoms with van der Waals surface area (Å²) in [4.78, 5) is 17.5. The van der Waals surface area contributed by atoms with Crippen molar-refractivity contribution < 1.29 is 21.6 Å². The predicted octanol–water partition coefficient (Wildman–Crippen LogP) is 4.84. The van der Waals surface area contributed by atoms with Crippen molar-refractivity contribution in [3.63, 3.8) is 0 Å². The summed E-state index contributed by atoms with van der Waals surface area (Å²) in [5, 5.41) is 0.361. The van der Waals surface area contributed by atoms with Gasteiger partial charge in [-0.25, -0.2) is 13.4 Å². The molecule has 0 atom stereocenters. The van der Waals surface area contributed by atoms with Crippen LogP contribution in [0.5, 0.6) is 0 Å². The highest BCUT2D eigenvalue weighted by Crippen LogP contribution is 2.31. The van der Waals surface area contributed by atoms with E-state index in [0.717, 1.165) is 33.6 Å². The Hall–Kier alpha value is -3.50. The summed E-state index contributed by atoms with van der Waals surface area (Å²) in [6.07, 6.45) is -4.69. The maximum absolute atomic E-state index is 13.5. The minimum absolute atomic E-state index is 0.138. The number of para-hydroxylation sites is 1. The van der Waals surface area contributed by atoms with Crippen molar-refractivity contribution in [1.29, 1.82) is 0 Å². The normalized spacial score (nSPS) is 12.4. The largest absolute Gasteiger partial charge is 0.416 e. The molecular weight excluding hydrogens is 479 g/mol. The number of nitrogens with zero attached hydrogens (tertiary/aromatic N) is 3. The first-order valence-corrected chi connectivity index (χ1v) is 12.1. The highest BCUT2D eigenvalue weighted by molar-refractivity contribution is 7.89. The molecule has 0 radical (unpaired) electrons. The molecule has 35 heavy (non-hydrogen) atoms. The van der Waals surface area contributed by atoms with E-state index < -0.39 is 26.7 Å². The second-order valence-corrected chi connectivity index (χ2v) is 10.3. The molecule has 0 spiro atoms. The Kier molecular flexibility index (Phi) is 6.29. The summed E-state index contributed by atoms with van der Waals surface area (Å²) < 4.78 is 68.0. The van der Waals surface area contributed by atoms with E-state index in [1.165, 1.54) is 11.6 Å². The molecule has 0 aliphatic heterocycles. The summed E-state index contributed by atoms with van der Waals surface area (Å²) in [5.74, 6) is 0.138. The number of sulfonamides is 1. The van der Waals surface area contributed by atoms with E-state index in [1.807, 2.05) is 26.0 Å². The number of aryl methyl sites for hydroxylation is 2. The minimum Gasteiger partial charge on any atom is -0.268 e. The third kappa shape index (κ3) is 4.71. The molecule has 10 heteroatoms. The Balaban J connectivity index is 1.85. The first kappa shape index (κ1) is 24.6. The molecule has 1 aromatic heterocycles. The van der Waals surface area contributed by atoms with E-state index in [-0.39, 0.29) is 17.9 Å². The standard InChI is InChI=1S/C25H22F3N3O3S/c1-16-11-12-22(17(2)13-16)31-23(29-21-10-5-4-9-20(21)24(31)32)15-30(3)35(33,34)19-8-6-7-18(14-19)25(26,27)28/h4-14H,15H2,1-3H3. The molecule has 0 bridgehead atoms. The highest BCUT2D eigenvalue weighted by atomic mass is 32.2. The predicted molar refractivity (Wildman–Crippen MR) is 127 cm³/mol. The molecule has 0 aliphatic carbocycles. The highest BCUT2D eigenvalue weighted by Gasteiger charge is 2.32. The zero-order valence-electron chi connectivity index (χ0n) is 19.2. The van der Waals surface area contributed by atoms with Crippen LogP contribution in [0.15, 0.2) is 76.4 Å². The van der Waals surface area contributed by atoms with Crippen LogP contribution in [0.2, 0.25) is 0 Å². The van der Waals surface area contributed by atoms with Gasteiger partial charge in [-0.2, -0.15) is 17.5 Å². The maximum Gasteiger partial charge on any atom is 0.416 e. The molecule has 3 aromatic carbocycles. The van der Waals surface area contributed by atoms with E-state index in [0.29, 0.717) is 22.7 Å². The Bertz CT molecular complexity index is 1600. The quantitative estimate of drug-likeness (QED) is 0.392. The van der Waals surface area contributed by atoms with Crippen molar-refractivity contribution in [3.05, 3.63) is 99.6 Å². The lowest BCUT2D eigenvalue weighted by Gasteiger charge is -2.21. The second-order valence-electron chi connectivity index (χ2n) is 8.26. The van der Waals surface area contributed by atoms with Gasteiger partial charge in [-0.05, 0) is 55.8 Å². The molecule has 1 heterocycles. The molecule has 4 aromatic rings. The lowest BCUT2D eigenvalue weighted by atomic mass is 10.1. The number of hydrogen-bond donors (Lipinski definition) is 0. The van der Waals surface area contributed by atoms with Gasteiger partial charge in [0, 0.05) is 7.05 Å². The Morgan fingerprint density at radius 1 is 0.971 bits per heavy atom. The van der Waals surface area contributed by atoms with Crippen molar-refractivity contribution in [2.24, 2.45) is 0 Å². The van der Waals surface area contributed by atoms with Crippen LogP contribution in [0, 0.1) is 13.8 Å². The van der Waals surface area contributed by atoms with Gasteiger partial charge in [0.05, 0.1) is 33.6 Å². The van der Waals surface area contributed by atoms with Crippen LogP contribution >= 0.6 is 0 Å². The van der Waals surface area contributed by atoms with E-state index in [1.54, 1.807) is 30.3 Å². The number of halogens is 3. The van der Waals surface area contributed by atoms with Gasteiger partial charge in [0.1, 0.15) is 5.82 Å². The van der Waals surface area contributed by atoms with Crippen molar-refractivity contribution >= 4 is 20.9 Å². The average molecular weight is 502 g/mol. The van der Waals surface area contributed by atoms with Gasteiger partial charge in [0.25, 0.3) is 5.56 Å². The van der Waals surface area contributed by atoms with Crippen LogP contribution in [0.3, 0.4) is 0 Å². The lowest BCUT2D eigenvalue weighted by molar-refractivity contribution is -0.137. The van der Waals surface area contributed by atoms with Crippen molar-refractivity contribution in [2.45, 2.75) is 31.5 Å². The number of benzene rings is 3. The maximum atomic E-state index is 13.5. The van der Waals surface area contributed by atoms with Crippen LogP contribution < -0.4 is 5.56 Å². The minimum atomic E-state index is -4.69. The fraction of sp³-hybridized carbons (Fsp3) is 0.200. The van der Waals surface area contributed by atoms with Crippen molar-refractivity contribution in [3.8, 4) is 5.69 Å². The SMILES string of the molecule is Cc1ccc(-n2c(CN(C)S(=O)(=O)c3cccc(C(F)(F)F)c3)nc3ccccc3c2=O)c(C)c1. The zero-order chi connectivity index (χ0) is 25.5. The summed E-state index contributed by atoms with van der Waals surface area (Å²) >= 11 is 0. The molecule has 0 unspecified atom stereocenters. The molecule has 0 amide bonds. The fourth-order valence-corrected chi connectivity index (χ4v) is 5.06. The van der Waals surface area contributed by atoms with Gasteiger partial charge in [0.2, 0.25) is 10.0 Å². The molecule has 182 valence electrons. The van der Waals surface area contributed by atoms with Gasteiger partial charge in [0.15, 0.2) is 0 Å². The monoisotopic (exact) mass is 501 g/mol. The average Bonchev–Trinajstić information content (AvgIpc) is 2.80. The zero-order valence-corrected chi connectivity index (χ0v) is 20.0. The third-order valence-electron chi connectivity index (χ3n) is 5.67. The summed E-state index contributed by atoms with van der Waals surface area (Å²) in [7, 11) is -3.08. The van der Waals surface area contributed by atoms with Crippen LogP contribution in [0.4, 0.5) is 13.2 Å². The molecule has 4 rings (SSSR count). The molecule has 0 fully saturated rings. The molecule has 0 N–H and O–H groups in total. The van der Waals surface area contributed by atoms with E-state index in [4.69, 9.17) is 0 Å². The van der Waals surface area contributed by atoms with Gasteiger partial charge in [-0.3, -0.25) is 9.36 Å². The van der Waals surface area contributed by atoms with Crippen LogP contribution in [-0.4, -0.2) is 29.3 Å². The van der Waals surface area contributed by atoms with E-state index in [2.05, 4.69) is 4.98 Å². The van der Waals surface area contributed by atoms with Crippen LogP contribution in [-0.2, 0) is 22.7 Å².